The fourth-order valence-electron chi connectivity index (χ4n) is 3.73. The van der Waals surface area contributed by atoms with Crippen molar-refractivity contribution in [2.24, 2.45) is 5.92 Å². The quantitative estimate of drug-likeness (QED) is 0.416. The molecule has 9 heteroatoms. The zero-order chi connectivity index (χ0) is 24.2. The second-order valence-electron chi connectivity index (χ2n) is 8.59. The predicted molar refractivity (Wildman–Crippen MR) is 133 cm³/mol. The second-order valence-corrected chi connectivity index (χ2v) is 9.03. The molecule has 0 atom stereocenters. The number of fused-ring (bicyclic) bond motifs is 1. The summed E-state index contributed by atoms with van der Waals surface area (Å²) in [5.41, 5.74) is 0.930. The minimum Gasteiger partial charge on any atom is -0.325 e. The van der Waals surface area contributed by atoms with Gasteiger partial charge in [-0.25, -0.2) is 14.3 Å². The predicted octanol–water partition coefficient (Wildman–Crippen LogP) is 3.75. The summed E-state index contributed by atoms with van der Waals surface area (Å²) in [6.07, 6.45) is 2.44. The molecule has 0 fully saturated rings. The molecule has 4 aromatic rings. The van der Waals surface area contributed by atoms with E-state index in [9.17, 15) is 14.4 Å². The van der Waals surface area contributed by atoms with Gasteiger partial charge < -0.3 is 9.88 Å². The van der Waals surface area contributed by atoms with Crippen molar-refractivity contribution in [2.45, 2.75) is 39.9 Å². The van der Waals surface area contributed by atoms with Crippen LogP contribution in [0.15, 0.2) is 70.5 Å². The summed E-state index contributed by atoms with van der Waals surface area (Å²) in [6, 6.07) is 16.1. The lowest BCUT2D eigenvalue weighted by molar-refractivity contribution is -0.116. The van der Waals surface area contributed by atoms with Gasteiger partial charge in [-0.2, -0.15) is 0 Å². The van der Waals surface area contributed by atoms with Crippen LogP contribution in [0.5, 0.6) is 0 Å². The molecule has 34 heavy (non-hydrogen) atoms. The molecule has 1 N–H and O–H groups in total. The Kier molecular flexibility index (Phi) is 6.98. The lowest BCUT2D eigenvalue weighted by atomic mass is 10.1. The Bertz CT molecular complexity index is 1420. The van der Waals surface area contributed by atoms with E-state index in [-0.39, 0.29) is 6.54 Å². The molecule has 2 aromatic heterocycles. The van der Waals surface area contributed by atoms with E-state index in [1.807, 2.05) is 30.3 Å². The topological polar surface area (TPSA) is 90.9 Å². The van der Waals surface area contributed by atoms with Gasteiger partial charge in [-0.1, -0.05) is 55.8 Å². The first-order valence-corrected chi connectivity index (χ1v) is 11.5. The molecule has 8 nitrogen and oxygen atoms in total. The van der Waals surface area contributed by atoms with E-state index in [1.165, 1.54) is 4.57 Å². The number of aromatic nitrogens is 4. The lowest BCUT2D eigenvalue weighted by Crippen LogP contribution is -2.43. The maximum Gasteiger partial charge on any atom is 0.333 e. The Morgan fingerprint density at radius 2 is 1.74 bits per heavy atom. The summed E-state index contributed by atoms with van der Waals surface area (Å²) in [5, 5.41) is 3.25. The van der Waals surface area contributed by atoms with Crippen molar-refractivity contribution in [3.8, 4) is 0 Å². The number of hydrogen-bond acceptors (Lipinski definition) is 4. The molecule has 0 unspecified atom stereocenters. The van der Waals surface area contributed by atoms with Crippen LogP contribution in [0.25, 0.3) is 11.2 Å². The van der Waals surface area contributed by atoms with Gasteiger partial charge in [0.05, 0.1) is 12.9 Å². The summed E-state index contributed by atoms with van der Waals surface area (Å²) in [7, 11) is 0. The lowest BCUT2D eigenvalue weighted by Gasteiger charge is -2.13. The fraction of sp³-hybridized carbons (Fsp3) is 0.280. The van der Waals surface area contributed by atoms with Crippen molar-refractivity contribution in [3.05, 3.63) is 92.3 Å². The van der Waals surface area contributed by atoms with Gasteiger partial charge in [0.15, 0.2) is 11.2 Å². The highest BCUT2D eigenvalue weighted by Gasteiger charge is 2.20. The Hall–Kier alpha value is -3.65. The number of hydrogen-bond donors (Lipinski definition) is 1. The molecule has 176 valence electrons. The van der Waals surface area contributed by atoms with Crippen LogP contribution in [0.2, 0.25) is 5.02 Å². The number of halogens is 1. The van der Waals surface area contributed by atoms with Crippen molar-refractivity contribution in [1.29, 1.82) is 0 Å². The van der Waals surface area contributed by atoms with Gasteiger partial charge in [-0.05, 0) is 42.2 Å². The maximum absolute atomic E-state index is 13.4. The molecule has 0 aliphatic carbocycles. The number of aryl methyl sites for hydroxylation is 1. The molecule has 0 aliphatic heterocycles. The van der Waals surface area contributed by atoms with E-state index in [0.29, 0.717) is 34.3 Å². The number of nitrogens with zero attached hydrogens (tertiary/aromatic N) is 4. The first-order valence-electron chi connectivity index (χ1n) is 11.1. The van der Waals surface area contributed by atoms with Crippen LogP contribution in [0.1, 0.15) is 25.8 Å². The van der Waals surface area contributed by atoms with Gasteiger partial charge in [0.25, 0.3) is 5.56 Å². The van der Waals surface area contributed by atoms with Gasteiger partial charge in [-0.3, -0.25) is 14.2 Å². The Balaban J connectivity index is 1.77. The number of anilines is 1. The van der Waals surface area contributed by atoms with Crippen LogP contribution in [0.4, 0.5) is 5.69 Å². The molecule has 0 aliphatic rings. The molecule has 0 bridgehead atoms. The van der Waals surface area contributed by atoms with Crippen LogP contribution < -0.4 is 16.6 Å². The maximum atomic E-state index is 13.4. The Morgan fingerprint density at radius 3 is 2.41 bits per heavy atom. The van der Waals surface area contributed by atoms with Crippen molar-refractivity contribution < 1.29 is 4.79 Å². The van der Waals surface area contributed by atoms with Crippen molar-refractivity contribution in [2.75, 3.05) is 5.32 Å². The van der Waals surface area contributed by atoms with Crippen LogP contribution in [-0.4, -0.2) is 24.6 Å². The molecule has 0 saturated heterocycles. The summed E-state index contributed by atoms with van der Waals surface area (Å²) in [5.74, 6) is -0.0552. The molecule has 0 radical (unpaired) electrons. The third-order valence-corrected chi connectivity index (χ3v) is 5.80. The zero-order valence-electron chi connectivity index (χ0n) is 19.1. The van der Waals surface area contributed by atoms with Crippen molar-refractivity contribution >= 4 is 34.4 Å². The number of imidazole rings is 1. The van der Waals surface area contributed by atoms with Crippen LogP contribution in [-0.2, 0) is 24.4 Å². The summed E-state index contributed by atoms with van der Waals surface area (Å²) >= 11 is 5.90. The van der Waals surface area contributed by atoms with Crippen LogP contribution in [0.3, 0.4) is 0 Å². The number of amides is 1. The van der Waals surface area contributed by atoms with Gasteiger partial charge in [-0.15, -0.1) is 0 Å². The molecule has 4 rings (SSSR count). The van der Waals surface area contributed by atoms with Crippen molar-refractivity contribution in [3.63, 3.8) is 0 Å². The zero-order valence-corrected chi connectivity index (χ0v) is 19.8. The third-order valence-electron chi connectivity index (χ3n) is 5.54. The van der Waals surface area contributed by atoms with Gasteiger partial charge >= 0.3 is 5.69 Å². The summed E-state index contributed by atoms with van der Waals surface area (Å²) in [4.78, 5) is 44.0. The molecule has 2 aromatic carbocycles. The SMILES string of the molecule is CC(C)CCn1cnc2c1c(=O)n(CC(=O)Nc1ccc(Cl)cc1)c(=O)n2Cc1ccccc1. The highest BCUT2D eigenvalue weighted by molar-refractivity contribution is 6.30. The molecule has 0 spiro atoms. The minimum absolute atomic E-state index is 0.233. The number of carbonyl (C=O) groups excluding carboxylic acids is 1. The first-order chi connectivity index (χ1) is 16.3. The largest absolute Gasteiger partial charge is 0.333 e. The highest BCUT2D eigenvalue weighted by Crippen LogP contribution is 2.14. The van der Waals surface area contributed by atoms with Crippen LogP contribution in [0, 0.1) is 5.92 Å². The number of benzene rings is 2. The van der Waals surface area contributed by atoms with Crippen molar-refractivity contribution in [1.82, 2.24) is 18.7 Å². The molecule has 1 amide bonds. The fourth-order valence-corrected chi connectivity index (χ4v) is 3.86. The van der Waals surface area contributed by atoms with E-state index >= 15 is 0 Å². The average molecular weight is 480 g/mol. The summed E-state index contributed by atoms with van der Waals surface area (Å²) < 4.78 is 4.20. The van der Waals surface area contributed by atoms with E-state index in [1.54, 1.807) is 35.2 Å². The van der Waals surface area contributed by atoms with Crippen LogP contribution >= 0.6 is 11.6 Å². The third kappa shape index (κ3) is 5.12. The smallest absolute Gasteiger partial charge is 0.325 e. The second kappa shape index (κ2) is 10.1. The van der Waals surface area contributed by atoms with Gasteiger partial charge in [0, 0.05) is 17.3 Å². The Labute approximate surface area is 201 Å². The molecular weight excluding hydrogens is 454 g/mol. The van der Waals surface area contributed by atoms with E-state index in [2.05, 4.69) is 24.1 Å². The van der Waals surface area contributed by atoms with E-state index in [4.69, 9.17) is 11.6 Å². The van der Waals surface area contributed by atoms with Gasteiger partial charge in [0.2, 0.25) is 5.91 Å². The van der Waals surface area contributed by atoms with Gasteiger partial charge in [0.1, 0.15) is 6.54 Å². The average Bonchev–Trinajstić information content (AvgIpc) is 3.24. The van der Waals surface area contributed by atoms with E-state index in [0.717, 1.165) is 16.6 Å². The van der Waals surface area contributed by atoms with E-state index < -0.39 is 23.7 Å². The monoisotopic (exact) mass is 479 g/mol. The number of nitrogens with one attached hydrogen (secondary N) is 1. The normalized spacial score (nSPS) is 11.3. The highest BCUT2D eigenvalue weighted by atomic mass is 35.5. The molecular formula is C25H26ClN5O3. The summed E-state index contributed by atoms with van der Waals surface area (Å²) in [6.45, 7) is 4.61. The Morgan fingerprint density at radius 1 is 1.03 bits per heavy atom. The number of carbonyl (C=O) groups is 1. The minimum atomic E-state index is -0.582. The standard InChI is InChI=1S/C25H26ClN5O3/c1-17(2)12-13-29-16-27-23-22(29)24(33)31(15-21(32)28-20-10-8-19(26)9-11-20)25(34)30(23)14-18-6-4-3-5-7-18/h3-11,16-17H,12-15H2,1-2H3,(H,28,32). The first kappa shape index (κ1) is 23.5. The number of rotatable bonds is 8. The molecule has 0 saturated carbocycles. The molecule has 2 heterocycles.